The van der Waals surface area contributed by atoms with Crippen molar-refractivity contribution in [1.29, 1.82) is 0 Å². The number of rotatable bonds is 6. The van der Waals surface area contributed by atoms with Crippen molar-refractivity contribution in [2.75, 3.05) is 21.3 Å². The Kier molecular flexibility index (Phi) is 5.08. The van der Waals surface area contributed by atoms with E-state index in [9.17, 15) is 9.59 Å². The van der Waals surface area contributed by atoms with Crippen LogP contribution in [0.1, 0.15) is 21.5 Å². The smallest absolute Gasteiger partial charge is 0.368 e. The third kappa shape index (κ3) is 2.96. The summed E-state index contributed by atoms with van der Waals surface area (Å²) in [6.45, 7) is -0.0871. The molecule has 0 aliphatic carbocycles. The second kappa shape index (κ2) is 7.71. The number of tetrazole rings is 1. The number of aromatic nitrogens is 4. The third-order valence-corrected chi connectivity index (χ3v) is 5.08. The molecule has 0 bridgehead atoms. The minimum Gasteiger partial charge on any atom is -0.492 e. The van der Waals surface area contributed by atoms with Gasteiger partial charge in [0.2, 0.25) is 5.75 Å². The first-order valence-electron chi connectivity index (χ1n) is 8.80. The molecule has 4 rings (SSSR count). The maximum absolute atomic E-state index is 12.9. The molecule has 0 saturated carbocycles. The fourth-order valence-electron chi connectivity index (χ4n) is 3.45. The summed E-state index contributed by atoms with van der Waals surface area (Å²) >= 11 is 6.17. The number of cyclic esters (lactones) is 1. The SMILES string of the molecule is COc1c2c(c(Cn3nnn(-c4ccccc4Cl)c3=O)c(OC)c1OC)C(=O)OC2. The lowest BCUT2D eigenvalue weighted by Gasteiger charge is -2.18. The molecule has 0 saturated heterocycles. The van der Waals surface area contributed by atoms with Crippen LogP contribution in [0.5, 0.6) is 17.2 Å². The lowest BCUT2D eigenvalue weighted by atomic mass is 9.99. The van der Waals surface area contributed by atoms with Crippen LogP contribution in [0.15, 0.2) is 29.1 Å². The average Bonchev–Trinajstić information content (AvgIpc) is 3.31. The first kappa shape index (κ1) is 19.8. The van der Waals surface area contributed by atoms with E-state index in [-0.39, 0.29) is 24.5 Å². The van der Waals surface area contributed by atoms with Gasteiger partial charge in [0, 0.05) is 5.56 Å². The molecule has 3 aromatic rings. The molecule has 10 nitrogen and oxygen atoms in total. The van der Waals surface area contributed by atoms with Crippen LogP contribution in [-0.2, 0) is 17.9 Å². The predicted molar refractivity (Wildman–Crippen MR) is 105 cm³/mol. The van der Waals surface area contributed by atoms with Gasteiger partial charge in [-0.3, -0.25) is 0 Å². The number of nitrogens with zero attached hydrogens (tertiary/aromatic N) is 4. The van der Waals surface area contributed by atoms with Gasteiger partial charge in [-0.05, 0) is 22.6 Å². The fraction of sp³-hybridized carbons (Fsp3) is 0.263. The van der Waals surface area contributed by atoms with Crippen molar-refractivity contribution >= 4 is 17.6 Å². The Morgan fingerprint density at radius 3 is 2.40 bits per heavy atom. The topological polar surface area (TPSA) is 107 Å². The van der Waals surface area contributed by atoms with Crippen LogP contribution in [0.3, 0.4) is 0 Å². The molecule has 1 aliphatic heterocycles. The van der Waals surface area contributed by atoms with E-state index in [0.717, 1.165) is 9.36 Å². The van der Waals surface area contributed by atoms with E-state index in [1.165, 1.54) is 21.3 Å². The van der Waals surface area contributed by atoms with Gasteiger partial charge in [0.15, 0.2) is 11.5 Å². The molecular formula is C19H17ClN4O6. The summed E-state index contributed by atoms with van der Waals surface area (Å²) in [5.74, 6) is 0.321. The van der Waals surface area contributed by atoms with Gasteiger partial charge >= 0.3 is 11.7 Å². The van der Waals surface area contributed by atoms with E-state index >= 15 is 0 Å². The number of hydrogen-bond donors (Lipinski definition) is 0. The number of ether oxygens (including phenoxy) is 4. The van der Waals surface area contributed by atoms with Gasteiger partial charge in [-0.1, -0.05) is 23.7 Å². The van der Waals surface area contributed by atoms with E-state index in [4.69, 9.17) is 30.5 Å². The highest BCUT2D eigenvalue weighted by Gasteiger charge is 2.35. The van der Waals surface area contributed by atoms with Crippen molar-refractivity contribution in [1.82, 2.24) is 19.8 Å². The number of fused-ring (bicyclic) bond motifs is 1. The summed E-state index contributed by atoms with van der Waals surface area (Å²) in [5, 5.41) is 8.19. The molecule has 2 heterocycles. The molecule has 0 radical (unpaired) electrons. The molecule has 0 unspecified atom stereocenters. The van der Waals surface area contributed by atoms with Gasteiger partial charge < -0.3 is 18.9 Å². The van der Waals surface area contributed by atoms with Gasteiger partial charge in [-0.15, -0.1) is 0 Å². The molecule has 1 aromatic heterocycles. The lowest BCUT2D eigenvalue weighted by Crippen LogP contribution is -2.26. The summed E-state index contributed by atoms with van der Waals surface area (Å²) in [7, 11) is 4.34. The zero-order valence-corrected chi connectivity index (χ0v) is 17.1. The molecule has 0 spiro atoms. The van der Waals surface area contributed by atoms with Crippen molar-refractivity contribution < 1.29 is 23.7 Å². The first-order valence-corrected chi connectivity index (χ1v) is 9.18. The molecule has 2 aromatic carbocycles. The zero-order valence-electron chi connectivity index (χ0n) is 16.3. The largest absolute Gasteiger partial charge is 0.492 e. The molecule has 0 atom stereocenters. The minimum absolute atomic E-state index is 0.0197. The molecule has 0 amide bonds. The predicted octanol–water partition coefficient (Wildman–Crippen LogP) is 1.83. The van der Waals surface area contributed by atoms with Crippen molar-refractivity contribution in [3.63, 3.8) is 0 Å². The first-order chi connectivity index (χ1) is 14.5. The van der Waals surface area contributed by atoms with E-state index < -0.39 is 11.7 Å². The second-order valence-electron chi connectivity index (χ2n) is 6.29. The second-order valence-corrected chi connectivity index (χ2v) is 6.70. The highest BCUT2D eigenvalue weighted by atomic mass is 35.5. The number of hydrogen-bond acceptors (Lipinski definition) is 8. The fourth-order valence-corrected chi connectivity index (χ4v) is 3.66. The third-order valence-electron chi connectivity index (χ3n) is 4.76. The summed E-state index contributed by atoms with van der Waals surface area (Å²) in [4.78, 5) is 25.4. The van der Waals surface area contributed by atoms with Crippen molar-refractivity contribution in [2.45, 2.75) is 13.2 Å². The van der Waals surface area contributed by atoms with Crippen LogP contribution >= 0.6 is 11.6 Å². The molecule has 0 fully saturated rings. The molecule has 1 aliphatic rings. The summed E-state index contributed by atoms with van der Waals surface area (Å²) in [6, 6.07) is 6.76. The van der Waals surface area contributed by atoms with Crippen molar-refractivity contribution in [3.8, 4) is 22.9 Å². The summed E-state index contributed by atoms with van der Waals surface area (Å²) in [6.07, 6.45) is 0. The number of para-hydroxylation sites is 1. The Hall–Kier alpha value is -3.53. The van der Waals surface area contributed by atoms with E-state index in [1.807, 2.05) is 0 Å². The van der Waals surface area contributed by atoms with Crippen LogP contribution in [-0.4, -0.2) is 47.1 Å². The van der Waals surface area contributed by atoms with Crippen LogP contribution in [0, 0.1) is 0 Å². The van der Waals surface area contributed by atoms with E-state index in [2.05, 4.69) is 10.4 Å². The minimum atomic E-state index is -0.550. The molecule has 156 valence electrons. The number of halogens is 1. The van der Waals surface area contributed by atoms with Gasteiger partial charge in [0.05, 0.1) is 49.7 Å². The van der Waals surface area contributed by atoms with Crippen LogP contribution in [0.2, 0.25) is 5.02 Å². The van der Waals surface area contributed by atoms with E-state index in [1.54, 1.807) is 24.3 Å². The quantitative estimate of drug-likeness (QED) is 0.543. The molecule has 11 heteroatoms. The Morgan fingerprint density at radius 1 is 1.03 bits per heavy atom. The maximum Gasteiger partial charge on any atom is 0.368 e. The van der Waals surface area contributed by atoms with Gasteiger partial charge in [0.25, 0.3) is 0 Å². The number of esters is 1. The summed E-state index contributed by atoms with van der Waals surface area (Å²) < 4.78 is 23.7. The number of methoxy groups -OCH3 is 3. The van der Waals surface area contributed by atoms with Gasteiger partial charge in [0.1, 0.15) is 6.61 Å². The normalized spacial score (nSPS) is 12.5. The number of carbonyl (C=O) groups is 1. The molecule has 30 heavy (non-hydrogen) atoms. The van der Waals surface area contributed by atoms with Gasteiger partial charge in [-0.2, -0.15) is 9.36 Å². The Bertz CT molecular complexity index is 1200. The maximum atomic E-state index is 12.9. The number of carbonyl (C=O) groups excluding carboxylic acids is 1. The Labute approximate surface area is 175 Å². The standard InChI is InChI=1S/C19H17ClN4O6/c1-27-15-10(14-11(9-30-18(14)25)16(28-2)17(15)29-3)8-23-19(26)24(22-21-23)13-7-5-4-6-12(13)20/h4-7H,8-9H2,1-3H3. The van der Waals surface area contributed by atoms with Crippen molar-refractivity contribution in [3.05, 3.63) is 56.5 Å². The monoisotopic (exact) mass is 432 g/mol. The van der Waals surface area contributed by atoms with Gasteiger partial charge in [-0.25, -0.2) is 9.59 Å². The number of benzene rings is 2. The van der Waals surface area contributed by atoms with Crippen LogP contribution < -0.4 is 19.9 Å². The average molecular weight is 433 g/mol. The molecule has 0 N–H and O–H groups in total. The van der Waals surface area contributed by atoms with E-state index in [0.29, 0.717) is 33.3 Å². The van der Waals surface area contributed by atoms with Crippen LogP contribution in [0.4, 0.5) is 0 Å². The highest BCUT2D eigenvalue weighted by Crippen LogP contribution is 2.47. The Balaban J connectivity index is 1.88. The van der Waals surface area contributed by atoms with Crippen LogP contribution in [0.25, 0.3) is 5.69 Å². The summed E-state index contributed by atoms with van der Waals surface area (Å²) in [5.41, 5.74) is 0.991. The Morgan fingerprint density at radius 2 is 1.73 bits per heavy atom. The zero-order chi connectivity index (χ0) is 21.4. The highest BCUT2D eigenvalue weighted by molar-refractivity contribution is 6.32. The molecular weight excluding hydrogens is 416 g/mol. The van der Waals surface area contributed by atoms with Crippen molar-refractivity contribution in [2.24, 2.45) is 0 Å². The lowest BCUT2D eigenvalue weighted by molar-refractivity contribution is 0.0533.